The minimum absolute atomic E-state index is 0.0897. The molecular weight excluding hydrogens is 676 g/mol. The number of anilines is 2. The number of aromatic nitrogens is 2. The average molecular weight is 698 g/mol. The first-order chi connectivity index (χ1) is 18.3. The van der Waals surface area contributed by atoms with Gasteiger partial charge in [0.15, 0.2) is 13.5 Å². The predicted octanol–water partition coefficient (Wildman–Crippen LogP) is 4.85. The number of carboxylic acid groups (broad SMARTS) is 1. The number of amides is 3. The number of carboxylic acids is 1. The SMILES string of the molecule is Cc1ccc(C(N)=O)c(N)c1.Cc1ccc(C(N)=O)c(NC(=O)c2csc(Br)n2)c1.O=C(O)c1csc(Br)n1. The lowest BCUT2D eigenvalue weighted by atomic mass is 10.1. The minimum atomic E-state index is -0.989. The number of carbonyl (C=O) groups is 4. The number of halogens is 2. The quantitative estimate of drug-likeness (QED) is 0.182. The lowest BCUT2D eigenvalue weighted by molar-refractivity contribution is 0.0690. The first kappa shape index (κ1) is 31.6. The molecule has 0 spiro atoms. The highest BCUT2D eigenvalue weighted by Gasteiger charge is 2.14. The van der Waals surface area contributed by atoms with Crippen LogP contribution in [-0.2, 0) is 0 Å². The summed E-state index contributed by atoms with van der Waals surface area (Å²) in [6.45, 7) is 3.76. The Morgan fingerprint density at radius 3 is 1.72 bits per heavy atom. The fourth-order valence-corrected chi connectivity index (χ4v) is 4.75. The van der Waals surface area contributed by atoms with Gasteiger partial charge in [0, 0.05) is 16.4 Å². The number of primary amides is 2. The molecule has 0 saturated heterocycles. The van der Waals surface area contributed by atoms with Gasteiger partial charge in [0.05, 0.1) is 16.8 Å². The summed E-state index contributed by atoms with van der Waals surface area (Å²) in [5.41, 5.74) is 19.6. The summed E-state index contributed by atoms with van der Waals surface area (Å²) in [7, 11) is 0. The molecule has 4 rings (SSSR count). The number of aromatic carboxylic acids is 1. The zero-order valence-electron chi connectivity index (χ0n) is 20.4. The highest BCUT2D eigenvalue weighted by atomic mass is 79.9. The fourth-order valence-electron chi connectivity index (χ4n) is 2.78. The van der Waals surface area contributed by atoms with Gasteiger partial charge in [0.2, 0.25) is 0 Å². The molecule has 0 fully saturated rings. The van der Waals surface area contributed by atoms with Crippen molar-refractivity contribution < 1.29 is 24.3 Å². The molecule has 4 aromatic rings. The van der Waals surface area contributed by atoms with Crippen LogP contribution in [0.25, 0.3) is 0 Å². The molecule has 2 aromatic heterocycles. The van der Waals surface area contributed by atoms with E-state index in [0.717, 1.165) is 11.1 Å². The summed E-state index contributed by atoms with van der Waals surface area (Å²) in [4.78, 5) is 51.7. The van der Waals surface area contributed by atoms with Crippen LogP contribution in [0.15, 0.2) is 55.0 Å². The van der Waals surface area contributed by atoms with E-state index in [1.807, 2.05) is 13.8 Å². The van der Waals surface area contributed by atoms with Gasteiger partial charge in [-0.25, -0.2) is 14.8 Å². The lowest BCUT2D eigenvalue weighted by Gasteiger charge is -2.08. The molecule has 11 nitrogen and oxygen atoms in total. The van der Waals surface area contributed by atoms with Crippen molar-refractivity contribution >= 4 is 89.6 Å². The molecule has 0 saturated carbocycles. The Balaban J connectivity index is 0.000000226. The molecule has 8 N–H and O–H groups in total. The summed E-state index contributed by atoms with van der Waals surface area (Å²) in [6.07, 6.45) is 0. The molecule has 0 aliphatic heterocycles. The van der Waals surface area contributed by atoms with Crippen LogP contribution < -0.4 is 22.5 Å². The topological polar surface area (TPSA) is 204 Å². The van der Waals surface area contributed by atoms with Crippen LogP contribution >= 0.6 is 54.5 Å². The number of nitrogen functional groups attached to an aromatic ring is 1. The standard InChI is InChI=1S/C12H10BrN3O2S.C8H10N2O.C4H2BrNO2S/c1-6-2-3-7(10(14)17)8(4-6)15-11(18)9-5-19-12(13)16-9;1-5-2-3-6(8(10)11)7(9)4-5;5-4-6-2(1-9-4)3(7)8/h2-5H,1H3,(H2,14,17)(H,15,18);2-4H,9H2,1H3,(H2,10,11);1H,(H,7,8). The van der Waals surface area contributed by atoms with E-state index in [-0.39, 0.29) is 22.9 Å². The Kier molecular flexibility index (Phi) is 11.7. The van der Waals surface area contributed by atoms with Gasteiger partial charge < -0.3 is 27.6 Å². The van der Waals surface area contributed by atoms with Gasteiger partial charge in [-0.15, -0.1) is 22.7 Å². The van der Waals surface area contributed by atoms with Crippen molar-refractivity contribution in [1.82, 2.24) is 9.97 Å². The highest BCUT2D eigenvalue weighted by molar-refractivity contribution is 9.11. The normalized spacial score (nSPS) is 9.85. The van der Waals surface area contributed by atoms with Crippen molar-refractivity contribution in [2.45, 2.75) is 13.8 Å². The number of benzene rings is 2. The zero-order valence-corrected chi connectivity index (χ0v) is 25.2. The van der Waals surface area contributed by atoms with Gasteiger partial charge >= 0.3 is 5.97 Å². The monoisotopic (exact) mass is 696 g/mol. The molecule has 2 heterocycles. The molecular formula is C24H22Br2N6O5S2. The van der Waals surface area contributed by atoms with Crippen LogP contribution in [0.1, 0.15) is 52.8 Å². The summed E-state index contributed by atoms with van der Waals surface area (Å²) in [6, 6.07) is 10.2. The van der Waals surface area contributed by atoms with E-state index < -0.39 is 17.8 Å². The maximum absolute atomic E-state index is 12.0. The van der Waals surface area contributed by atoms with Crippen molar-refractivity contribution in [3.63, 3.8) is 0 Å². The molecule has 39 heavy (non-hydrogen) atoms. The first-order valence-electron chi connectivity index (χ1n) is 10.6. The maximum Gasteiger partial charge on any atom is 0.355 e. The number of hydrogen-bond donors (Lipinski definition) is 5. The Morgan fingerprint density at radius 2 is 1.31 bits per heavy atom. The van der Waals surface area contributed by atoms with Gasteiger partial charge in [0.1, 0.15) is 5.69 Å². The highest BCUT2D eigenvalue weighted by Crippen LogP contribution is 2.20. The van der Waals surface area contributed by atoms with E-state index in [4.69, 9.17) is 22.3 Å². The van der Waals surface area contributed by atoms with Crippen molar-refractivity contribution in [3.05, 3.63) is 88.6 Å². The minimum Gasteiger partial charge on any atom is -0.476 e. The van der Waals surface area contributed by atoms with Crippen molar-refractivity contribution in [1.29, 1.82) is 0 Å². The number of nitrogens with one attached hydrogen (secondary N) is 1. The second-order valence-electron chi connectivity index (χ2n) is 7.60. The summed E-state index contributed by atoms with van der Waals surface area (Å²) in [5, 5.41) is 14.1. The summed E-state index contributed by atoms with van der Waals surface area (Å²) < 4.78 is 1.22. The smallest absolute Gasteiger partial charge is 0.355 e. The molecule has 0 aliphatic rings. The molecule has 204 valence electrons. The van der Waals surface area contributed by atoms with E-state index in [0.29, 0.717) is 24.8 Å². The van der Waals surface area contributed by atoms with Gasteiger partial charge in [0.25, 0.3) is 17.7 Å². The van der Waals surface area contributed by atoms with E-state index in [2.05, 4.69) is 47.1 Å². The fraction of sp³-hybridized carbons (Fsp3) is 0.0833. The molecule has 2 aromatic carbocycles. The van der Waals surface area contributed by atoms with E-state index in [1.54, 1.807) is 41.8 Å². The lowest BCUT2D eigenvalue weighted by Crippen LogP contribution is -2.18. The molecule has 0 aliphatic carbocycles. The third-order valence-electron chi connectivity index (χ3n) is 4.57. The third-order valence-corrected chi connectivity index (χ3v) is 7.30. The van der Waals surface area contributed by atoms with Crippen LogP contribution in [0, 0.1) is 13.8 Å². The maximum atomic E-state index is 12.0. The zero-order chi connectivity index (χ0) is 29.3. The van der Waals surface area contributed by atoms with Crippen LogP contribution in [0.4, 0.5) is 11.4 Å². The second-order valence-corrected chi connectivity index (χ2v) is 11.9. The molecule has 3 amide bonds. The van der Waals surface area contributed by atoms with Gasteiger partial charge in [-0.2, -0.15) is 0 Å². The van der Waals surface area contributed by atoms with Crippen LogP contribution in [0.5, 0.6) is 0 Å². The van der Waals surface area contributed by atoms with Crippen LogP contribution in [-0.4, -0.2) is 38.8 Å². The molecule has 15 heteroatoms. The summed E-state index contributed by atoms with van der Waals surface area (Å²) >= 11 is 8.80. The van der Waals surface area contributed by atoms with E-state index >= 15 is 0 Å². The largest absolute Gasteiger partial charge is 0.476 e. The Morgan fingerprint density at radius 1 is 0.821 bits per heavy atom. The number of nitrogens with zero attached hydrogens (tertiary/aromatic N) is 2. The number of hydrogen-bond acceptors (Lipinski definition) is 9. The Bertz CT molecular complexity index is 1520. The second kappa shape index (κ2) is 14.5. The third kappa shape index (κ3) is 9.86. The average Bonchev–Trinajstić information content (AvgIpc) is 3.48. The van der Waals surface area contributed by atoms with Gasteiger partial charge in [-0.05, 0) is 81.1 Å². The first-order valence-corrected chi connectivity index (χ1v) is 14.0. The van der Waals surface area contributed by atoms with Crippen LogP contribution in [0.3, 0.4) is 0 Å². The Labute approximate surface area is 247 Å². The van der Waals surface area contributed by atoms with Crippen LogP contribution in [0.2, 0.25) is 0 Å². The van der Waals surface area contributed by atoms with Crippen molar-refractivity contribution in [2.75, 3.05) is 11.1 Å². The number of rotatable bonds is 5. The van der Waals surface area contributed by atoms with Gasteiger partial charge in [-0.1, -0.05) is 12.1 Å². The molecule has 0 unspecified atom stereocenters. The van der Waals surface area contributed by atoms with Gasteiger partial charge in [-0.3, -0.25) is 14.4 Å². The van der Waals surface area contributed by atoms with E-state index in [9.17, 15) is 19.2 Å². The number of carbonyl (C=O) groups excluding carboxylic acids is 3. The van der Waals surface area contributed by atoms with E-state index in [1.165, 1.54) is 28.1 Å². The number of aryl methyl sites for hydroxylation is 2. The summed E-state index contributed by atoms with van der Waals surface area (Å²) in [5.74, 6) is -2.44. The molecule has 0 atom stereocenters. The van der Waals surface area contributed by atoms with Crippen molar-refractivity contribution in [3.8, 4) is 0 Å². The number of nitrogens with two attached hydrogens (primary N) is 3. The number of thiazole rings is 2. The Hall–Kier alpha value is -3.66. The van der Waals surface area contributed by atoms with Crippen molar-refractivity contribution in [2.24, 2.45) is 11.5 Å². The molecule has 0 bridgehead atoms. The molecule has 0 radical (unpaired) electrons. The predicted molar refractivity (Wildman–Crippen MR) is 158 cm³/mol.